The van der Waals surface area contributed by atoms with Gasteiger partial charge in [0.1, 0.15) is 10.7 Å². The molecule has 0 spiro atoms. The van der Waals surface area contributed by atoms with Crippen LogP contribution in [0.15, 0.2) is 47.5 Å². The maximum absolute atomic E-state index is 12.5. The number of aromatic nitrogens is 4. The number of amides is 1. The van der Waals surface area contributed by atoms with E-state index in [9.17, 15) is 9.59 Å². The van der Waals surface area contributed by atoms with Crippen LogP contribution in [-0.2, 0) is 10.5 Å². The lowest BCUT2D eigenvalue weighted by molar-refractivity contribution is -0.115. The predicted octanol–water partition coefficient (Wildman–Crippen LogP) is 4.32. The second kappa shape index (κ2) is 8.99. The Morgan fingerprint density at radius 1 is 1.19 bits per heavy atom. The molecule has 1 aromatic carbocycles. The number of nitrogens with one attached hydrogen (secondary N) is 2. The van der Waals surface area contributed by atoms with Gasteiger partial charge in [-0.3, -0.25) is 9.59 Å². The van der Waals surface area contributed by atoms with Crippen molar-refractivity contribution in [3.05, 3.63) is 69.3 Å². The summed E-state index contributed by atoms with van der Waals surface area (Å²) in [6.07, 6.45) is 3.19. The Hall–Kier alpha value is -3.04. The molecule has 1 amide bonds. The summed E-state index contributed by atoms with van der Waals surface area (Å²) in [4.78, 5) is 42.8. The molecule has 0 saturated carbocycles. The number of fused-ring (bicyclic) bond motifs is 1. The van der Waals surface area contributed by atoms with E-state index in [1.165, 1.54) is 23.1 Å². The van der Waals surface area contributed by atoms with Gasteiger partial charge in [-0.25, -0.2) is 15.0 Å². The predicted molar refractivity (Wildman–Crippen MR) is 127 cm³/mol. The summed E-state index contributed by atoms with van der Waals surface area (Å²) >= 11 is 2.92. The maximum atomic E-state index is 12.5. The molecule has 3 aromatic heterocycles. The van der Waals surface area contributed by atoms with Crippen molar-refractivity contribution in [1.29, 1.82) is 0 Å². The topological polar surface area (TPSA) is 101 Å². The molecule has 31 heavy (non-hydrogen) atoms. The highest BCUT2D eigenvalue weighted by molar-refractivity contribution is 7.99. The second-order valence-corrected chi connectivity index (χ2v) is 9.61. The van der Waals surface area contributed by atoms with Crippen LogP contribution in [0.4, 0.5) is 5.69 Å². The highest BCUT2D eigenvalue weighted by atomic mass is 32.2. The van der Waals surface area contributed by atoms with Gasteiger partial charge in [0.05, 0.1) is 34.5 Å². The van der Waals surface area contributed by atoms with Crippen molar-refractivity contribution >= 4 is 44.9 Å². The van der Waals surface area contributed by atoms with Crippen LogP contribution in [-0.4, -0.2) is 31.1 Å². The highest BCUT2D eigenvalue weighted by Gasteiger charge is 2.16. The Kier molecular flexibility index (Phi) is 6.15. The Labute approximate surface area is 187 Å². The first kappa shape index (κ1) is 21.2. The first-order valence-corrected chi connectivity index (χ1v) is 11.6. The molecule has 2 N–H and O–H groups in total. The molecule has 1 atom stereocenters. The second-order valence-electron chi connectivity index (χ2n) is 7.08. The number of thiophene rings is 1. The van der Waals surface area contributed by atoms with E-state index in [-0.39, 0.29) is 16.7 Å². The molecule has 0 aliphatic rings. The Balaban J connectivity index is 1.38. The van der Waals surface area contributed by atoms with Crippen LogP contribution in [0.3, 0.4) is 0 Å². The molecule has 4 rings (SSSR count). The number of benzene rings is 1. The van der Waals surface area contributed by atoms with Crippen molar-refractivity contribution < 1.29 is 4.79 Å². The molecule has 158 valence electrons. The summed E-state index contributed by atoms with van der Waals surface area (Å²) in [5.74, 6) is 1.44. The smallest absolute Gasteiger partial charge is 0.259 e. The van der Waals surface area contributed by atoms with Crippen molar-refractivity contribution in [1.82, 2.24) is 19.9 Å². The quantitative estimate of drug-likeness (QED) is 0.453. The zero-order valence-electron chi connectivity index (χ0n) is 17.3. The minimum atomic E-state index is -0.346. The van der Waals surface area contributed by atoms with E-state index >= 15 is 0 Å². The lowest BCUT2D eigenvalue weighted by atomic mass is 10.2. The number of aryl methyl sites for hydroxylation is 2. The van der Waals surface area contributed by atoms with E-state index in [4.69, 9.17) is 0 Å². The average Bonchev–Trinajstić information content (AvgIpc) is 3.07. The molecule has 1 unspecified atom stereocenters. The molecular formula is C22H21N5O2S2. The number of hydrogen-bond donors (Lipinski definition) is 2. The highest BCUT2D eigenvalue weighted by Crippen LogP contribution is 2.26. The van der Waals surface area contributed by atoms with E-state index in [1.54, 1.807) is 12.4 Å². The van der Waals surface area contributed by atoms with Crippen LogP contribution in [0.25, 0.3) is 21.6 Å². The number of H-pyrrole nitrogens is 1. The van der Waals surface area contributed by atoms with Gasteiger partial charge >= 0.3 is 0 Å². The zero-order chi connectivity index (χ0) is 22.0. The maximum Gasteiger partial charge on any atom is 0.259 e. The fourth-order valence-corrected chi connectivity index (χ4v) is 4.82. The monoisotopic (exact) mass is 451 g/mol. The van der Waals surface area contributed by atoms with Crippen molar-refractivity contribution in [3.8, 4) is 11.4 Å². The fourth-order valence-electron chi connectivity index (χ4n) is 3.02. The molecule has 0 saturated heterocycles. The van der Waals surface area contributed by atoms with Gasteiger partial charge in [0.15, 0.2) is 5.82 Å². The first-order chi connectivity index (χ1) is 14.9. The summed E-state index contributed by atoms with van der Waals surface area (Å²) in [6.45, 7) is 5.73. The third-order valence-corrected chi connectivity index (χ3v) is 7.13. The molecule has 0 fully saturated rings. The van der Waals surface area contributed by atoms with Crippen molar-refractivity contribution in [2.75, 3.05) is 5.32 Å². The molecule has 0 radical (unpaired) electrons. The Morgan fingerprint density at radius 3 is 2.61 bits per heavy atom. The number of aromatic amines is 1. The molecular weight excluding hydrogens is 430 g/mol. The van der Waals surface area contributed by atoms with E-state index in [0.29, 0.717) is 28.5 Å². The van der Waals surface area contributed by atoms with Gasteiger partial charge in [0.25, 0.3) is 5.56 Å². The van der Waals surface area contributed by atoms with Gasteiger partial charge in [-0.05, 0) is 26.3 Å². The number of carbonyl (C=O) groups is 1. The van der Waals surface area contributed by atoms with Crippen LogP contribution in [0.1, 0.15) is 23.2 Å². The van der Waals surface area contributed by atoms with Crippen molar-refractivity contribution in [2.45, 2.75) is 31.8 Å². The van der Waals surface area contributed by atoms with Crippen LogP contribution in [0, 0.1) is 13.8 Å². The molecule has 9 heteroatoms. The standard InChI is InChI=1S/C22H21N5O2S2/c1-12-13(2)31-22-18(12)21(29)26-17(27-22)11-30-14(3)20(28)25-16-9-23-19(24-10-16)15-7-5-4-6-8-15/h4-10,14H,11H2,1-3H3,(H,25,28)(H,26,27,29). The molecule has 0 aliphatic heterocycles. The van der Waals surface area contributed by atoms with Crippen LogP contribution < -0.4 is 10.9 Å². The van der Waals surface area contributed by atoms with E-state index in [0.717, 1.165) is 20.8 Å². The number of anilines is 1. The molecule has 7 nitrogen and oxygen atoms in total. The Bertz CT molecular complexity index is 1280. The number of hydrogen-bond acceptors (Lipinski definition) is 7. The van der Waals surface area contributed by atoms with Gasteiger partial charge in [0.2, 0.25) is 5.91 Å². The SMILES string of the molecule is Cc1sc2nc(CSC(C)C(=O)Nc3cnc(-c4ccccc4)nc3)[nH]c(=O)c2c1C. The van der Waals surface area contributed by atoms with Gasteiger partial charge in [-0.15, -0.1) is 23.1 Å². The van der Waals surface area contributed by atoms with Gasteiger partial charge in [0, 0.05) is 10.4 Å². The third kappa shape index (κ3) is 4.67. The lowest BCUT2D eigenvalue weighted by Gasteiger charge is -2.11. The molecule has 0 bridgehead atoms. The summed E-state index contributed by atoms with van der Waals surface area (Å²) in [6, 6.07) is 9.65. The summed E-state index contributed by atoms with van der Waals surface area (Å²) in [7, 11) is 0. The van der Waals surface area contributed by atoms with Gasteiger partial charge in [-0.2, -0.15) is 0 Å². The summed E-state index contributed by atoms with van der Waals surface area (Å²) in [5.41, 5.74) is 2.30. The first-order valence-electron chi connectivity index (χ1n) is 9.71. The average molecular weight is 452 g/mol. The van der Waals surface area contributed by atoms with Crippen molar-refractivity contribution in [3.63, 3.8) is 0 Å². The third-order valence-electron chi connectivity index (χ3n) is 4.88. The molecule has 4 aromatic rings. The van der Waals surface area contributed by atoms with Gasteiger partial charge < -0.3 is 10.3 Å². The van der Waals surface area contributed by atoms with Crippen molar-refractivity contribution in [2.24, 2.45) is 0 Å². The Morgan fingerprint density at radius 2 is 1.90 bits per heavy atom. The summed E-state index contributed by atoms with van der Waals surface area (Å²) in [5, 5.41) is 3.14. The number of carbonyl (C=O) groups excluding carboxylic acids is 1. The summed E-state index contributed by atoms with van der Waals surface area (Å²) < 4.78 is 0. The number of thioether (sulfide) groups is 1. The lowest BCUT2D eigenvalue weighted by Crippen LogP contribution is -2.23. The minimum absolute atomic E-state index is 0.129. The largest absolute Gasteiger partial charge is 0.322 e. The normalized spacial score (nSPS) is 12.1. The van der Waals surface area contributed by atoms with Crippen LogP contribution >= 0.6 is 23.1 Å². The fraction of sp³-hybridized carbons (Fsp3) is 0.227. The van der Waals surface area contributed by atoms with Crippen LogP contribution in [0.2, 0.25) is 0 Å². The van der Waals surface area contributed by atoms with E-state index in [1.807, 2.05) is 51.1 Å². The molecule has 0 aliphatic carbocycles. The number of nitrogens with zero attached hydrogens (tertiary/aromatic N) is 3. The van der Waals surface area contributed by atoms with Crippen LogP contribution in [0.5, 0.6) is 0 Å². The molecule has 3 heterocycles. The van der Waals surface area contributed by atoms with E-state index in [2.05, 4.69) is 25.3 Å². The van der Waals surface area contributed by atoms with Gasteiger partial charge in [-0.1, -0.05) is 30.3 Å². The zero-order valence-corrected chi connectivity index (χ0v) is 18.9. The number of rotatable bonds is 6. The minimum Gasteiger partial charge on any atom is -0.322 e. The van der Waals surface area contributed by atoms with E-state index < -0.39 is 0 Å².